The van der Waals surface area contributed by atoms with Crippen LogP contribution >= 0.6 is 0 Å². The fraction of sp³-hybridized carbons (Fsp3) is 0.429. The van der Waals surface area contributed by atoms with Gasteiger partial charge in [0.2, 0.25) is 0 Å². The second kappa shape index (κ2) is 6.19. The van der Waals surface area contributed by atoms with Crippen molar-refractivity contribution in [3.63, 3.8) is 0 Å². The van der Waals surface area contributed by atoms with Crippen molar-refractivity contribution in [3.05, 3.63) is 29.8 Å². The van der Waals surface area contributed by atoms with Gasteiger partial charge in [0.25, 0.3) is 0 Å². The zero-order valence-electron chi connectivity index (χ0n) is 11.3. The second-order valence-electron chi connectivity index (χ2n) is 4.82. The number of rotatable bonds is 3. The van der Waals surface area contributed by atoms with E-state index in [1.165, 1.54) is 0 Å². The van der Waals surface area contributed by atoms with Crippen LogP contribution in [0.3, 0.4) is 0 Å². The number of benzene rings is 1. The van der Waals surface area contributed by atoms with Gasteiger partial charge in [0.05, 0.1) is 0 Å². The molecule has 0 aromatic heterocycles. The first-order chi connectivity index (χ1) is 8.41. The predicted molar refractivity (Wildman–Crippen MR) is 72.4 cm³/mol. The van der Waals surface area contributed by atoms with Gasteiger partial charge in [-0.3, -0.25) is 9.59 Å². The molecule has 0 fully saturated rings. The number of para-hydroxylation sites is 1. The highest BCUT2D eigenvalue weighted by Gasteiger charge is 2.16. The number of carbonyl (C=O) groups excluding carboxylic acids is 2. The Morgan fingerprint density at radius 2 is 1.61 bits per heavy atom. The van der Waals surface area contributed by atoms with E-state index in [1.807, 2.05) is 45.9 Å². The molecule has 98 valence electrons. The van der Waals surface area contributed by atoms with Gasteiger partial charge in [-0.05, 0) is 31.4 Å². The molecule has 0 bridgehead atoms. The normalized spacial score (nSPS) is 10.6. The van der Waals surface area contributed by atoms with E-state index in [2.05, 4.69) is 10.6 Å². The molecule has 1 aromatic rings. The minimum atomic E-state index is -0.628. The number of anilines is 1. The summed E-state index contributed by atoms with van der Waals surface area (Å²) in [5.41, 5.74) is 1.71. The van der Waals surface area contributed by atoms with Crippen LogP contribution < -0.4 is 10.6 Å². The van der Waals surface area contributed by atoms with Crippen LogP contribution in [0.25, 0.3) is 0 Å². The Balaban J connectivity index is 2.79. The van der Waals surface area contributed by atoms with Crippen LogP contribution in [0.2, 0.25) is 0 Å². The van der Waals surface area contributed by atoms with Crippen LogP contribution in [0.4, 0.5) is 5.69 Å². The maximum atomic E-state index is 11.7. The molecule has 18 heavy (non-hydrogen) atoms. The lowest BCUT2D eigenvalue weighted by Gasteiger charge is -2.14. The third-order valence-electron chi connectivity index (χ3n) is 2.46. The number of hydrogen-bond donors (Lipinski definition) is 2. The molecule has 0 atom stereocenters. The van der Waals surface area contributed by atoms with E-state index in [-0.39, 0.29) is 12.0 Å². The Morgan fingerprint density at radius 3 is 2.17 bits per heavy atom. The van der Waals surface area contributed by atoms with Gasteiger partial charge in [0.1, 0.15) is 0 Å². The first-order valence-electron chi connectivity index (χ1n) is 6.12. The maximum Gasteiger partial charge on any atom is 0.313 e. The summed E-state index contributed by atoms with van der Waals surface area (Å²) in [7, 11) is 0. The summed E-state index contributed by atoms with van der Waals surface area (Å²) in [6, 6.07) is 7.45. The maximum absolute atomic E-state index is 11.7. The fourth-order valence-electron chi connectivity index (χ4n) is 1.62. The Morgan fingerprint density at radius 1 is 1.00 bits per heavy atom. The van der Waals surface area contributed by atoms with Crippen LogP contribution in [0.1, 0.15) is 39.2 Å². The predicted octanol–water partition coefficient (Wildman–Crippen LogP) is 2.27. The van der Waals surface area contributed by atoms with E-state index >= 15 is 0 Å². The molecular formula is C14H20N2O2. The van der Waals surface area contributed by atoms with Gasteiger partial charge in [-0.1, -0.05) is 32.0 Å². The minimum absolute atomic E-state index is 0.0522. The van der Waals surface area contributed by atoms with Gasteiger partial charge in [-0.25, -0.2) is 0 Å². The molecule has 2 N–H and O–H groups in total. The van der Waals surface area contributed by atoms with Crippen molar-refractivity contribution >= 4 is 17.5 Å². The van der Waals surface area contributed by atoms with Crippen molar-refractivity contribution < 1.29 is 9.59 Å². The minimum Gasteiger partial charge on any atom is -0.346 e. The van der Waals surface area contributed by atoms with Crippen molar-refractivity contribution in [2.45, 2.75) is 39.7 Å². The molecule has 0 spiro atoms. The van der Waals surface area contributed by atoms with Crippen molar-refractivity contribution in [1.82, 2.24) is 5.32 Å². The Hall–Kier alpha value is -1.84. The average molecular weight is 248 g/mol. The average Bonchev–Trinajstić information content (AvgIpc) is 2.28. The topological polar surface area (TPSA) is 58.2 Å². The van der Waals surface area contributed by atoms with Crippen LogP contribution in [0, 0.1) is 0 Å². The summed E-state index contributed by atoms with van der Waals surface area (Å²) in [5, 5.41) is 5.21. The van der Waals surface area contributed by atoms with Gasteiger partial charge in [-0.15, -0.1) is 0 Å². The SMILES string of the molecule is CC(C)NC(=O)C(=O)Nc1ccccc1C(C)C. The summed E-state index contributed by atoms with van der Waals surface area (Å²) in [6.45, 7) is 7.71. The summed E-state index contributed by atoms with van der Waals surface area (Å²) < 4.78 is 0. The number of amides is 2. The molecule has 0 saturated carbocycles. The van der Waals surface area contributed by atoms with Gasteiger partial charge >= 0.3 is 11.8 Å². The van der Waals surface area contributed by atoms with Crippen molar-refractivity contribution in [3.8, 4) is 0 Å². The Kier molecular flexibility index (Phi) is 4.89. The highest BCUT2D eigenvalue weighted by atomic mass is 16.2. The molecule has 0 aliphatic heterocycles. The molecule has 0 radical (unpaired) electrons. The lowest BCUT2D eigenvalue weighted by Crippen LogP contribution is -2.39. The smallest absolute Gasteiger partial charge is 0.313 e. The molecule has 2 amide bonds. The third kappa shape index (κ3) is 3.87. The largest absolute Gasteiger partial charge is 0.346 e. The molecule has 0 aliphatic carbocycles. The molecule has 0 saturated heterocycles. The zero-order chi connectivity index (χ0) is 13.7. The molecule has 0 aliphatic rings. The summed E-state index contributed by atoms with van der Waals surface area (Å²) in [6.07, 6.45) is 0. The van der Waals surface area contributed by atoms with Gasteiger partial charge < -0.3 is 10.6 Å². The quantitative estimate of drug-likeness (QED) is 0.806. The zero-order valence-corrected chi connectivity index (χ0v) is 11.3. The van der Waals surface area contributed by atoms with Crippen molar-refractivity contribution in [2.75, 3.05) is 5.32 Å². The molecule has 1 rings (SSSR count). The van der Waals surface area contributed by atoms with E-state index in [0.29, 0.717) is 5.69 Å². The molecule has 4 heteroatoms. The Labute approximate surface area is 108 Å². The molecule has 4 nitrogen and oxygen atoms in total. The second-order valence-corrected chi connectivity index (χ2v) is 4.82. The van der Waals surface area contributed by atoms with E-state index in [0.717, 1.165) is 5.56 Å². The van der Waals surface area contributed by atoms with Gasteiger partial charge in [0, 0.05) is 11.7 Å². The molecule has 0 heterocycles. The highest BCUT2D eigenvalue weighted by Crippen LogP contribution is 2.23. The van der Waals surface area contributed by atoms with E-state index in [1.54, 1.807) is 6.07 Å². The lowest BCUT2D eigenvalue weighted by molar-refractivity contribution is -0.136. The van der Waals surface area contributed by atoms with E-state index < -0.39 is 11.8 Å². The lowest BCUT2D eigenvalue weighted by atomic mass is 10.0. The highest BCUT2D eigenvalue weighted by molar-refractivity contribution is 6.39. The Bertz CT molecular complexity index is 439. The van der Waals surface area contributed by atoms with Crippen LogP contribution in [0.15, 0.2) is 24.3 Å². The number of nitrogens with one attached hydrogen (secondary N) is 2. The van der Waals surface area contributed by atoms with Crippen LogP contribution in [0.5, 0.6) is 0 Å². The summed E-state index contributed by atoms with van der Waals surface area (Å²) in [5.74, 6) is -0.949. The fourth-order valence-corrected chi connectivity index (χ4v) is 1.62. The first kappa shape index (κ1) is 14.2. The monoisotopic (exact) mass is 248 g/mol. The number of hydrogen-bond acceptors (Lipinski definition) is 2. The van der Waals surface area contributed by atoms with Gasteiger partial charge in [-0.2, -0.15) is 0 Å². The van der Waals surface area contributed by atoms with Gasteiger partial charge in [0.15, 0.2) is 0 Å². The summed E-state index contributed by atoms with van der Waals surface area (Å²) >= 11 is 0. The summed E-state index contributed by atoms with van der Waals surface area (Å²) in [4.78, 5) is 23.2. The van der Waals surface area contributed by atoms with Crippen molar-refractivity contribution in [1.29, 1.82) is 0 Å². The first-order valence-corrected chi connectivity index (χ1v) is 6.12. The molecule has 1 aromatic carbocycles. The van der Waals surface area contributed by atoms with Crippen LogP contribution in [-0.2, 0) is 9.59 Å². The molecule has 0 unspecified atom stereocenters. The molecular weight excluding hydrogens is 228 g/mol. The third-order valence-corrected chi connectivity index (χ3v) is 2.46. The van der Waals surface area contributed by atoms with E-state index in [4.69, 9.17) is 0 Å². The van der Waals surface area contributed by atoms with Crippen LogP contribution in [-0.4, -0.2) is 17.9 Å². The standard InChI is InChI=1S/C14H20N2O2/c1-9(2)11-7-5-6-8-12(11)16-14(18)13(17)15-10(3)4/h5-10H,1-4H3,(H,15,17)(H,16,18). The van der Waals surface area contributed by atoms with E-state index in [9.17, 15) is 9.59 Å². The number of carbonyl (C=O) groups is 2. The van der Waals surface area contributed by atoms with Crippen molar-refractivity contribution in [2.24, 2.45) is 0 Å².